The summed E-state index contributed by atoms with van der Waals surface area (Å²) in [6, 6.07) is 4.09. The Morgan fingerprint density at radius 3 is 2.89 bits per heavy atom. The molecule has 0 bridgehead atoms. The van der Waals surface area contributed by atoms with Crippen molar-refractivity contribution < 1.29 is 14.5 Å². The molecule has 0 aliphatic rings. The van der Waals surface area contributed by atoms with Crippen molar-refractivity contribution in [3.63, 3.8) is 0 Å². The molecule has 3 N–H and O–H groups in total. The summed E-state index contributed by atoms with van der Waals surface area (Å²) in [5.74, 6) is -0.136. The van der Waals surface area contributed by atoms with E-state index in [1.807, 2.05) is 0 Å². The maximum absolute atomic E-state index is 11.3. The number of nitrogens with one attached hydrogen (secondary N) is 1. The summed E-state index contributed by atoms with van der Waals surface area (Å²) in [6.07, 6.45) is 0.0970. The first-order valence-corrected chi connectivity index (χ1v) is 5.96. The van der Waals surface area contributed by atoms with E-state index in [4.69, 9.17) is 22.1 Å². The molecular formula is C11H14ClN3O4. The van der Waals surface area contributed by atoms with Crippen LogP contribution in [0.5, 0.6) is 5.75 Å². The van der Waals surface area contributed by atoms with Crippen LogP contribution in [0.3, 0.4) is 0 Å². The second kappa shape index (κ2) is 7.55. The van der Waals surface area contributed by atoms with E-state index in [1.165, 1.54) is 18.2 Å². The predicted octanol–water partition coefficient (Wildman–Crippen LogP) is 1.09. The molecule has 0 aliphatic heterocycles. The minimum Gasteiger partial charge on any atom is -0.486 e. The largest absolute Gasteiger partial charge is 0.486 e. The highest BCUT2D eigenvalue weighted by Gasteiger charge is 2.15. The molecule has 19 heavy (non-hydrogen) atoms. The van der Waals surface area contributed by atoms with Gasteiger partial charge in [0, 0.05) is 24.2 Å². The van der Waals surface area contributed by atoms with Gasteiger partial charge in [-0.05, 0) is 12.1 Å². The molecule has 1 amide bonds. The standard InChI is InChI=1S/C11H14ClN3O4/c12-8-1-2-10(9(7-8)15(17)18)19-6-3-11(16)14-5-4-13/h1-2,7H,3-6,13H2,(H,14,16). The molecule has 1 aromatic rings. The maximum Gasteiger partial charge on any atom is 0.312 e. The van der Waals surface area contributed by atoms with E-state index in [1.54, 1.807) is 0 Å². The normalized spacial score (nSPS) is 10.0. The quantitative estimate of drug-likeness (QED) is 0.576. The average molecular weight is 288 g/mol. The summed E-state index contributed by atoms with van der Waals surface area (Å²) in [6.45, 7) is 0.786. The molecular weight excluding hydrogens is 274 g/mol. The Labute approximate surface area is 114 Å². The van der Waals surface area contributed by atoms with Gasteiger partial charge in [-0.2, -0.15) is 0 Å². The van der Waals surface area contributed by atoms with Crippen molar-refractivity contribution in [1.29, 1.82) is 0 Å². The van der Waals surface area contributed by atoms with Crippen molar-refractivity contribution in [2.45, 2.75) is 6.42 Å². The van der Waals surface area contributed by atoms with Crippen LogP contribution in [0.4, 0.5) is 5.69 Å². The fourth-order valence-corrected chi connectivity index (χ4v) is 1.48. The molecule has 0 atom stereocenters. The molecule has 0 unspecified atom stereocenters. The van der Waals surface area contributed by atoms with Crippen LogP contribution in [0.2, 0.25) is 5.02 Å². The van der Waals surface area contributed by atoms with E-state index in [0.29, 0.717) is 13.1 Å². The first-order valence-electron chi connectivity index (χ1n) is 5.58. The lowest BCUT2D eigenvalue weighted by atomic mass is 10.3. The van der Waals surface area contributed by atoms with Gasteiger partial charge in [0.1, 0.15) is 0 Å². The number of nitro benzene ring substituents is 1. The van der Waals surface area contributed by atoms with E-state index in [2.05, 4.69) is 5.32 Å². The Morgan fingerprint density at radius 1 is 1.53 bits per heavy atom. The summed E-state index contributed by atoms with van der Waals surface area (Å²) >= 11 is 5.67. The van der Waals surface area contributed by atoms with Crippen LogP contribution in [0.15, 0.2) is 18.2 Å². The molecule has 0 aliphatic carbocycles. The molecule has 1 aromatic carbocycles. The van der Waals surface area contributed by atoms with Crippen LogP contribution in [-0.2, 0) is 4.79 Å². The molecule has 8 heteroatoms. The molecule has 0 saturated carbocycles. The molecule has 0 spiro atoms. The monoisotopic (exact) mass is 287 g/mol. The molecule has 0 radical (unpaired) electrons. The summed E-state index contributed by atoms with van der Waals surface area (Å²) in [4.78, 5) is 21.5. The summed E-state index contributed by atoms with van der Waals surface area (Å²) in [5, 5.41) is 13.6. The average Bonchev–Trinajstić information content (AvgIpc) is 2.37. The molecule has 7 nitrogen and oxygen atoms in total. The van der Waals surface area contributed by atoms with Crippen LogP contribution in [0.25, 0.3) is 0 Å². The van der Waals surface area contributed by atoms with E-state index in [9.17, 15) is 14.9 Å². The third kappa shape index (κ3) is 5.11. The van der Waals surface area contributed by atoms with Crippen molar-refractivity contribution in [2.75, 3.05) is 19.7 Å². The topological polar surface area (TPSA) is 107 Å². The fraction of sp³-hybridized carbons (Fsp3) is 0.364. The highest BCUT2D eigenvalue weighted by atomic mass is 35.5. The van der Waals surface area contributed by atoms with Crippen LogP contribution >= 0.6 is 11.6 Å². The SMILES string of the molecule is NCCNC(=O)CCOc1ccc(Cl)cc1[N+](=O)[O-]. The first kappa shape index (κ1) is 15.2. The van der Waals surface area contributed by atoms with Gasteiger partial charge < -0.3 is 15.8 Å². The number of carbonyl (C=O) groups is 1. The summed E-state index contributed by atoms with van der Waals surface area (Å²) in [5.41, 5.74) is 5.00. The Hall–Kier alpha value is -1.86. The number of hydrogen-bond donors (Lipinski definition) is 2. The number of ether oxygens (including phenoxy) is 1. The van der Waals surface area contributed by atoms with Gasteiger partial charge >= 0.3 is 5.69 Å². The second-order valence-electron chi connectivity index (χ2n) is 3.61. The van der Waals surface area contributed by atoms with Crippen molar-refractivity contribution in [1.82, 2.24) is 5.32 Å². The van der Waals surface area contributed by atoms with Crippen LogP contribution in [0.1, 0.15) is 6.42 Å². The van der Waals surface area contributed by atoms with Gasteiger partial charge in [-0.1, -0.05) is 11.6 Å². The Morgan fingerprint density at radius 2 is 2.26 bits per heavy atom. The van der Waals surface area contributed by atoms with Gasteiger partial charge in [0.2, 0.25) is 5.91 Å². The number of nitrogens with zero attached hydrogens (tertiary/aromatic N) is 1. The highest BCUT2D eigenvalue weighted by molar-refractivity contribution is 6.30. The zero-order valence-electron chi connectivity index (χ0n) is 10.1. The van der Waals surface area contributed by atoms with E-state index in [-0.39, 0.29) is 35.4 Å². The van der Waals surface area contributed by atoms with Crippen LogP contribution in [-0.4, -0.2) is 30.5 Å². The lowest BCUT2D eigenvalue weighted by Gasteiger charge is -2.07. The molecule has 1 rings (SSSR count). The Bertz CT molecular complexity index is 467. The number of halogens is 1. The third-order valence-corrected chi connectivity index (χ3v) is 2.41. The number of nitro groups is 1. The lowest BCUT2D eigenvalue weighted by molar-refractivity contribution is -0.385. The number of hydrogen-bond acceptors (Lipinski definition) is 5. The van der Waals surface area contributed by atoms with Crippen molar-refractivity contribution in [3.8, 4) is 5.75 Å². The van der Waals surface area contributed by atoms with E-state index in [0.717, 1.165) is 0 Å². The Balaban J connectivity index is 2.53. The molecule has 0 aromatic heterocycles. The third-order valence-electron chi connectivity index (χ3n) is 2.17. The van der Waals surface area contributed by atoms with Gasteiger partial charge in [0.25, 0.3) is 0 Å². The second-order valence-corrected chi connectivity index (χ2v) is 4.04. The predicted molar refractivity (Wildman–Crippen MR) is 70.3 cm³/mol. The van der Waals surface area contributed by atoms with Gasteiger partial charge in [-0.3, -0.25) is 14.9 Å². The van der Waals surface area contributed by atoms with Gasteiger partial charge in [0.15, 0.2) is 5.75 Å². The summed E-state index contributed by atoms with van der Waals surface area (Å²) in [7, 11) is 0. The molecule has 104 valence electrons. The Kier molecular flexibility index (Phi) is 6.04. The number of carbonyl (C=O) groups excluding carboxylic acids is 1. The van der Waals surface area contributed by atoms with Gasteiger partial charge in [0.05, 0.1) is 18.0 Å². The van der Waals surface area contributed by atoms with Crippen LogP contribution < -0.4 is 15.8 Å². The molecule has 0 fully saturated rings. The minimum atomic E-state index is -0.588. The fourth-order valence-electron chi connectivity index (χ4n) is 1.31. The number of benzene rings is 1. The van der Waals surface area contributed by atoms with Gasteiger partial charge in [-0.15, -0.1) is 0 Å². The van der Waals surface area contributed by atoms with E-state index < -0.39 is 4.92 Å². The molecule has 0 saturated heterocycles. The van der Waals surface area contributed by atoms with Crippen molar-refractivity contribution in [2.24, 2.45) is 5.73 Å². The molecule has 0 heterocycles. The number of amides is 1. The number of nitrogens with two attached hydrogens (primary N) is 1. The van der Waals surface area contributed by atoms with Crippen molar-refractivity contribution >= 4 is 23.2 Å². The summed E-state index contributed by atoms with van der Waals surface area (Å²) < 4.78 is 5.21. The smallest absolute Gasteiger partial charge is 0.312 e. The van der Waals surface area contributed by atoms with Gasteiger partial charge in [-0.25, -0.2) is 0 Å². The highest BCUT2D eigenvalue weighted by Crippen LogP contribution is 2.29. The van der Waals surface area contributed by atoms with Crippen LogP contribution in [0, 0.1) is 10.1 Å². The first-order chi connectivity index (χ1) is 9.04. The number of rotatable bonds is 7. The van der Waals surface area contributed by atoms with Crippen molar-refractivity contribution in [3.05, 3.63) is 33.3 Å². The zero-order chi connectivity index (χ0) is 14.3. The minimum absolute atomic E-state index is 0.0406. The lowest BCUT2D eigenvalue weighted by Crippen LogP contribution is -2.29. The zero-order valence-corrected chi connectivity index (χ0v) is 10.9. The van der Waals surface area contributed by atoms with E-state index >= 15 is 0 Å². The maximum atomic E-state index is 11.3.